The van der Waals surface area contributed by atoms with E-state index < -0.39 is 23.2 Å². The molecule has 2 N–H and O–H groups in total. The molecule has 0 aliphatic carbocycles. The van der Waals surface area contributed by atoms with Crippen LogP contribution in [0.3, 0.4) is 0 Å². The van der Waals surface area contributed by atoms with E-state index in [4.69, 9.17) is 5.11 Å². The summed E-state index contributed by atoms with van der Waals surface area (Å²) in [5.74, 6) is -3.38. The van der Waals surface area contributed by atoms with E-state index in [0.29, 0.717) is 6.07 Å². The fourth-order valence-electron chi connectivity index (χ4n) is 1.36. The Kier molecular flexibility index (Phi) is 3.52. The summed E-state index contributed by atoms with van der Waals surface area (Å²) in [4.78, 5) is 14.7. The third-order valence-corrected chi connectivity index (χ3v) is 2.98. The molecule has 2 rings (SSSR count). The highest BCUT2D eigenvalue weighted by molar-refractivity contribution is 7.09. The van der Waals surface area contributed by atoms with Gasteiger partial charge in [-0.15, -0.1) is 11.3 Å². The molecule has 18 heavy (non-hydrogen) atoms. The van der Waals surface area contributed by atoms with Gasteiger partial charge in [-0.1, -0.05) is 0 Å². The molecule has 0 aliphatic rings. The molecule has 0 unspecified atom stereocenters. The minimum Gasteiger partial charge on any atom is -0.478 e. The van der Waals surface area contributed by atoms with Crippen LogP contribution >= 0.6 is 11.3 Å². The largest absolute Gasteiger partial charge is 0.478 e. The fraction of sp³-hybridized carbons (Fsp3) is 0.0909. The van der Waals surface area contributed by atoms with Crippen LogP contribution in [-0.4, -0.2) is 16.1 Å². The molecule has 0 saturated heterocycles. The van der Waals surface area contributed by atoms with Crippen LogP contribution in [0.1, 0.15) is 15.4 Å². The topological polar surface area (TPSA) is 62.2 Å². The first-order valence-corrected chi connectivity index (χ1v) is 5.80. The third kappa shape index (κ3) is 2.62. The first-order valence-electron chi connectivity index (χ1n) is 4.92. The lowest BCUT2D eigenvalue weighted by Crippen LogP contribution is -2.06. The predicted octanol–water partition coefficient (Wildman–Crippen LogP) is 2.73. The lowest BCUT2D eigenvalue weighted by atomic mass is 10.2. The molecular weight excluding hydrogens is 262 g/mol. The summed E-state index contributed by atoms with van der Waals surface area (Å²) in [7, 11) is 0. The van der Waals surface area contributed by atoms with Gasteiger partial charge in [0.1, 0.15) is 16.6 Å². The van der Waals surface area contributed by atoms with Crippen LogP contribution in [0.25, 0.3) is 0 Å². The van der Waals surface area contributed by atoms with Gasteiger partial charge in [-0.05, 0) is 6.07 Å². The Morgan fingerprint density at radius 2 is 2.17 bits per heavy atom. The van der Waals surface area contributed by atoms with Crippen LogP contribution in [0.4, 0.5) is 14.5 Å². The Bertz CT molecular complexity index is 573. The van der Waals surface area contributed by atoms with Gasteiger partial charge >= 0.3 is 5.97 Å². The maximum atomic E-state index is 13.4. The van der Waals surface area contributed by atoms with Gasteiger partial charge in [-0.2, -0.15) is 0 Å². The number of carboxylic acid groups (broad SMARTS) is 1. The summed E-state index contributed by atoms with van der Waals surface area (Å²) in [5.41, 5.74) is -0.637. The zero-order valence-corrected chi connectivity index (χ0v) is 9.80. The second-order valence-electron chi connectivity index (χ2n) is 3.40. The van der Waals surface area contributed by atoms with Gasteiger partial charge in [0.2, 0.25) is 0 Å². The molecule has 0 spiro atoms. The number of hydrogen-bond donors (Lipinski definition) is 2. The number of carboxylic acids is 1. The number of nitrogens with zero attached hydrogens (tertiary/aromatic N) is 1. The number of anilines is 1. The molecule has 2 aromatic rings. The Labute approximate surface area is 105 Å². The highest BCUT2D eigenvalue weighted by atomic mass is 32.1. The van der Waals surface area contributed by atoms with E-state index in [1.54, 1.807) is 11.6 Å². The molecule has 94 valence electrons. The van der Waals surface area contributed by atoms with Gasteiger partial charge in [-0.3, -0.25) is 0 Å². The highest BCUT2D eigenvalue weighted by Gasteiger charge is 2.15. The zero-order valence-electron chi connectivity index (χ0n) is 8.98. The Morgan fingerprint density at radius 1 is 1.39 bits per heavy atom. The normalized spacial score (nSPS) is 10.3. The van der Waals surface area contributed by atoms with Crippen molar-refractivity contribution in [2.45, 2.75) is 6.54 Å². The summed E-state index contributed by atoms with van der Waals surface area (Å²) in [6, 6.07) is 1.48. The maximum absolute atomic E-state index is 13.4. The second-order valence-corrected chi connectivity index (χ2v) is 4.38. The van der Waals surface area contributed by atoms with E-state index in [1.807, 2.05) is 0 Å². The number of carbonyl (C=O) groups is 1. The lowest BCUT2D eigenvalue weighted by Gasteiger charge is -2.07. The van der Waals surface area contributed by atoms with Gasteiger partial charge in [-0.25, -0.2) is 18.6 Å². The fourth-order valence-corrected chi connectivity index (χ4v) is 1.92. The standard InChI is InChI=1S/C11H8F2N2O2S/c12-7-4-8(13)9(3-6(7)11(16)17)15-5-10-14-1-2-18-10/h1-4,15H,5H2,(H,16,17). The van der Waals surface area contributed by atoms with Crippen LogP contribution in [0.2, 0.25) is 0 Å². The predicted molar refractivity (Wildman–Crippen MR) is 62.8 cm³/mol. The molecule has 4 nitrogen and oxygen atoms in total. The van der Waals surface area contributed by atoms with Crippen LogP contribution in [0.5, 0.6) is 0 Å². The van der Waals surface area contributed by atoms with E-state index >= 15 is 0 Å². The van der Waals surface area contributed by atoms with Crippen LogP contribution in [0, 0.1) is 11.6 Å². The number of nitrogens with one attached hydrogen (secondary N) is 1. The number of thiazole rings is 1. The molecule has 7 heteroatoms. The Morgan fingerprint density at radius 3 is 2.78 bits per heavy atom. The van der Waals surface area contributed by atoms with E-state index in [9.17, 15) is 13.6 Å². The van der Waals surface area contributed by atoms with Crippen LogP contribution < -0.4 is 5.32 Å². The SMILES string of the molecule is O=C(O)c1cc(NCc2nccs2)c(F)cc1F. The molecular formula is C11H8F2N2O2S. The molecule has 1 heterocycles. The number of aromatic carboxylic acids is 1. The summed E-state index contributed by atoms with van der Waals surface area (Å²) >= 11 is 1.38. The van der Waals surface area contributed by atoms with Crippen molar-refractivity contribution < 1.29 is 18.7 Å². The third-order valence-electron chi connectivity index (χ3n) is 2.20. The number of benzene rings is 1. The average Bonchev–Trinajstić information content (AvgIpc) is 2.80. The van der Waals surface area contributed by atoms with Crippen molar-refractivity contribution in [2.24, 2.45) is 0 Å². The summed E-state index contributed by atoms with van der Waals surface area (Å²) in [5, 5.41) is 13.9. The highest BCUT2D eigenvalue weighted by Crippen LogP contribution is 2.20. The molecule has 1 aromatic carbocycles. The average molecular weight is 270 g/mol. The quantitative estimate of drug-likeness (QED) is 0.896. The van der Waals surface area contributed by atoms with Gasteiger partial charge in [0, 0.05) is 17.6 Å². The van der Waals surface area contributed by atoms with Gasteiger partial charge in [0.15, 0.2) is 0 Å². The Balaban J connectivity index is 2.22. The van der Waals surface area contributed by atoms with Gasteiger partial charge < -0.3 is 10.4 Å². The molecule has 0 amide bonds. The van der Waals surface area contributed by atoms with E-state index in [0.717, 1.165) is 11.1 Å². The van der Waals surface area contributed by atoms with Crippen molar-refractivity contribution in [3.8, 4) is 0 Å². The van der Waals surface area contributed by atoms with Gasteiger partial charge in [0.25, 0.3) is 0 Å². The second kappa shape index (κ2) is 5.09. The summed E-state index contributed by atoms with van der Waals surface area (Å²) in [6.45, 7) is 0.249. The van der Waals surface area contributed by atoms with Crippen molar-refractivity contribution in [3.05, 3.63) is 45.9 Å². The minimum atomic E-state index is -1.44. The zero-order chi connectivity index (χ0) is 13.1. The molecule has 0 atom stereocenters. The summed E-state index contributed by atoms with van der Waals surface area (Å²) in [6.07, 6.45) is 1.60. The molecule has 0 saturated carbocycles. The smallest absolute Gasteiger partial charge is 0.338 e. The first-order chi connectivity index (χ1) is 8.58. The maximum Gasteiger partial charge on any atom is 0.338 e. The van der Waals surface area contributed by atoms with Crippen molar-refractivity contribution >= 4 is 23.0 Å². The van der Waals surface area contributed by atoms with E-state index in [2.05, 4.69) is 10.3 Å². The monoisotopic (exact) mass is 270 g/mol. The number of rotatable bonds is 4. The first kappa shape index (κ1) is 12.4. The number of hydrogen-bond acceptors (Lipinski definition) is 4. The van der Waals surface area contributed by atoms with Crippen LogP contribution in [-0.2, 0) is 6.54 Å². The lowest BCUT2D eigenvalue weighted by molar-refractivity contribution is 0.0692. The minimum absolute atomic E-state index is 0.0657. The van der Waals surface area contributed by atoms with Crippen molar-refractivity contribution in [2.75, 3.05) is 5.32 Å². The molecule has 0 radical (unpaired) electrons. The van der Waals surface area contributed by atoms with Crippen molar-refractivity contribution in [1.29, 1.82) is 0 Å². The number of halogens is 2. The van der Waals surface area contributed by atoms with Crippen molar-refractivity contribution in [1.82, 2.24) is 4.98 Å². The summed E-state index contributed by atoms with van der Waals surface area (Å²) < 4.78 is 26.5. The van der Waals surface area contributed by atoms with Crippen LogP contribution in [0.15, 0.2) is 23.7 Å². The number of aromatic nitrogens is 1. The molecule has 1 aromatic heterocycles. The van der Waals surface area contributed by atoms with Crippen molar-refractivity contribution in [3.63, 3.8) is 0 Å². The molecule has 0 bridgehead atoms. The van der Waals surface area contributed by atoms with E-state index in [1.165, 1.54) is 11.3 Å². The Hall–Kier alpha value is -2.02. The molecule has 0 aliphatic heterocycles. The van der Waals surface area contributed by atoms with E-state index in [-0.39, 0.29) is 12.2 Å². The van der Waals surface area contributed by atoms with Gasteiger partial charge in [0.05, 0.1) is 17.8 Å². The molecule has 0 fully saturated rings.